The summed E-state index contributed by atoms with van der Waals surface area (Å²) in [6.07, 6.45) is -2.28. The van der Waals surface area contributed by atoms with Crippen LogP contribution in [0.3, 0.4) is 0 Å². The second-order valence-corrected chi connectivity index (χ2v) is 14.4. The molecule has 6 atom stereocenters. The van der Waals surface area contributed by atoms with E-state index in [0.29, 0.717) is 0 Å². The first-order valence-electron chi connectivity index (χ1n) is 8.37. The fourth-order valence-electron chi connectivity index (χ4n) is 2.76. The number of nitrogens with one attached hydrogen (secondary N) is 1. The van der Waals surface area contributed by atoms with Gasteiger partial charge in [-0.15, -0.1) is 0 Å². The number of aliphatic hydroxyl groups excluding tert-OH is 1. The molecule has 32 heavy (non-hydrogen) atoms. The molecule has 21 heteroatoms. The van der Waals surface area contributed by atoms with Crippen molar-refractivity contribution in [1.82, 2.24) is 19.5 Å². The van der Waals surface area contributed by atoms with E-state index < -0.39 is 57.9 Å². The average Bonchev–Trinajstić information content (AvgIpc) is 3.21. The van der Waals surface area contributed by atoms with E-state index >= 15 is 0 Å². The van der Waals surface area contributed by atoms with Crippen LogP contribution in [0.15, 0.2) is 11.1 Å². The fourth-order valence-corrected chi connectivity index (χ4v) is 7.35. The number of rotatable bonds is 8. The van der Waals surface area contributed by atoms with E-state index in [1.54, 1.807) is 0 Å². The molecule has 0 saturated carbocycles. The number of anilines is 1. The summed E-state index contributed by atoms with van der Waals surface area (Å²) in [4.78, 5) is 59.0. The zero-order valence-electron chi connectivity index (χ0n) is 15.5. The molecule has 1 fully saturated rings. The monoisotopic (exact) mass is 583 g/mol. The first kappa shape index (κ1) is 25.6. The molecule has 1 aliphatic heterocycles. The highest BCUT2D eigenvalue weighted by molar-refractivity contribution is 9.12. The van der Waals surface area contributed by atoms with Crippen LogP contribution in [0.1, 0.15) is 12.6 Å². The lowest BCUT2D eigenvalue weighted by molar-refractivity contribution is -0.0421. The van der Waals surface area contributed by atoms with Gasteiger partial charge in [0.15, 0.2) is 11.2 Å². The van der Waals surface area contributed by atoms with Crippen molar-refractivity contribution in [2.45, 2.75) is 29.2 Å². The number of fused-ring (bicyclic) bond motifs is 1. The Morgan fingerprint density at radius 3 is 2.62 bits per heavy atom. The maximum Gasteiger partial charge on any atom is 0.479 e. The number of aliphatic hydroxyl groups is 1. The largest absolute Gasteiger partial charge is 0.479 e. The molecular formula is C11H17BrN5O12P3. The smallest absolute Gasteiger partial charge is 0.390 e. The first-order valence-corrected chi connectivity index (χ1v) is 14.1. The number of aromatic nitrogens is 4. The van der Waals surface area contributed by atoms with Crippen LogP contribution < -0.4 is 11.3 Å². The summed E-state index contributed by atoms with van der Waals surface area (Å²) in [6.45, 7) is -0.808. The van der Waals surface area contributed by atoms with Crippen molar-refractivity contribution in [3.8, 4) is 0 Å². The Morgan fingerprint density at radius 2 is 2.00 bits per heavy atom. The van der Waals surface area contributed by atoms with Gasteiger partial charge in [-0.05, 0) is 0 Å². The molecule has 3 heterocycles. The standard InChI is InChI=1S/C11H17BrN5O12P3/c12-10(30(20,21)22)31(23,24)29-32(25,26)27-2-5-4(18)1-6(28-5)17-3-14-7-8(17)15-11(13)16-9(7)19/h3-6,10,18H,1-2H2,(H,23,24)(H,25,26)(H2,20,21,22)(H3,13,15,16,19)/t4-,5+,6+,10+/m0/s1. The summed E-state index contributed by atoms with van der Waals surface area (Å²) < 4.78 is 47.9. The number of phosphoric acid groups is 1. The molecule has 180 valence electrons. The van der Waals surface area contributed by atoms with Crippen molar-refractivity contribution in [3.05, 3.63) is 16.7 Å². The molecule has 17 nitrogen and oxygen atoms in total. The molecule has 0 bridgehead atoms. The van der Waals surface area contributed by atoms with Crippen molar-refractivity contribution in [2.24, 2.45) is 0 Å². The number of phosphoric ester groups is 1. The lowest BCUT2D eigenvalue weighted by atomic mass is 10.2. The zero-order chi connectivity index (χ0) is 24.1. The van der Waals surface area contributed by atoms with Gasteiger partial charge in [-0.25, -0.2) is 13.9 Å². The molecule has 2 unspecified atom stereocenters. The van der Waals surface area contributed by atoms with Crippen molar-refractivity contribution in [2.75, 3.05) is 12.3 Å². The summed E-state index contributed by atoms with van der Waals surface area (Å²) in [5.74, 6) is -0.185. The number of hydrogen-bond acceptors (Lipinski definition) is 11. The van der Waals surface area contributed by atoms with Crippen LogP contribution in [0.4, 0.5) is 5.95 Å². The molecule has 1 aliphatic rings. The van der Waals surface area contributed by atoms with E-state index in [2.05, 4.69) is 39.7 Å². The van der Waals surface area contributed by atoms with Crippen LogP contribution >= 0.6 is 38.9 Å². The van der Waals surface area contributed by atoms with Crippen molar-refractivity contribution < 1.29 is 51.9 Å². The maximum absolute atomic E-state index is 12.0. The Bertz CT molecular complexity index is 1210. The number of hydrogen-bond donors (Lipinski definition) is 7. The van der Waals surface area contributed by atoms with E-state index in [1.807, 2.05) is 0 Å². The van der Waals surface area contributed by atoms with Gasteiger partial charge in [0.2, 0.25) is 10.3 Å². The second-order valence-electron chi connectivity index (χ2n) is 6.52. The van der Waals surface area contributed by atoms with Crippen LogP contribution in [0.5, 0.6) is 0 Å². The highest BCUT2D eigenvalue weighted by atomic mass is 79.9. The van der Waals surface area contributed by atoms with Crippen molar-refractivity contribution in [1.29, 1.82) is 0 Å². The molecule has 3 rings (SSSR count). The van der Waals surface area contributed by atoms with E-state index in [4.69, 9.17) is 20.3 Å². The summed E-state index contributed by atoms with van der Waals surface area (Å²) >= 11 is 2.26. The molecule has 1 saturated heterocycles. The highest BCUT2D eigenvalue weighted by Gasteiger charge is 2.48. The molecule has 8 N–H and O–H groups in total. The number of nitrogen functional groups attached to an aromatic ring is 1. The third kappa shape index (κ3) is 5.55. The van der Waals surface area contributed by atoms with Gasteiger partial charge in [-0.2, -0.15) is 4.98 Å². The SMILES string of the molecule is Nc1nc2c(ncn2[C@H]2C[C@H](O)[C@@H](COP(=O)(O)OP(=O)(O)[C@H](Br)P(=O)(O)O)O2)c(=O)[nH]1. The predicted octanol–water partition coefficient (Wildman–Crippen LogP) is -0.475. The van der Waals surface area contributed by atoms with Gasteiger partial charge < -0.3 is 35.2 Å². The lowest BCUT2D eigenvalue weighted by Crippen LogP contribution is -2.26. The van der Waals surface area contributed by atoms with Crippen molar-refractivity contribution in [3.63, 3.8) is 0 Å². The number of imidazole rings is 1. The molecule has 0 spiro atoms. The van der Waals surface area contributed by atoms with E-state index in [9.17, 15) is 33.4 Å². The minimum Gasteiger partial charge on any atom is -0.390 e. The zero-order valence-corrected chi connectivity index (χ0v) is 19.8. The summed E-state index contributed by atoms with van der Waals surface area (Å²) in [7, 11) is -15.9. The maximum atomic E-state index is 12.0. The number of halogens is 1. The van der Waals surface area contributed by atoms with Gasteiger partial charge in [-0.1, -0.05) is 15.9 Å². The minimum absolute atomic E-state index is 0.0432. The van der Waals surface area contributed by atoms with E-state index in [-0.39, 0.29) is 23.5 Å². The van der Waals surface area contributed by atoms with Crippen LogP contribution in [0.25, 0.3) is 11.2 Å². The van der Waals surface area contributed by atoms with Gasteiger partial charge >= 0.3 is 23.0 Å². The Kier molecular flexibility index (Phi) is 7.19. The van der Waals surface area contributed by atoms with Gasteiger partial charge in [-0.3, -0.25) is 28.0 Å². The summed E-state index contributed by atoms with van der Waals surface area (Å²) in [5.41, 5.74) is 4.93. The quantitative estimate of drug-likeness (QED) is 0.153. The number of H-pyrrole nitrogens is 1. The fraction of sp³-hybridized carbons (Fsp3) is 0.545. The molecule has 0 aliphatic carbocycles. The van der Waals surface area contributed by atoms with Gasteiger partial charge in [0.1, 0.15) is 12.3 Å². The lowest BCUT2D eigenvalue weighted by Gasteiger charge is -2.22. The van der Waals surface area contributed by atoms with E-state index in [0.717, 1.165) is 0 Å². The van der Waals surface area contributed by atoms with Gasteiger partial charge in [0.05, 0.1) is 19.0 Å². The second kappa shape index (κ2) is 8.98. The topological polar surface area (TPSA) is 270 Å². The van der Waals surface area contributed by atoms with Crippen LogP contribution in [-0.4, -0.2) is 67.3 Å². The summed E-state index contributed by atoms with van der Waals surface area (Å²) in [5, 5.41) is 10.2. The number of nitrogens with zero attached hydrogens (tertiary/aromatic N) is 3. The van der Waals surface area contributed by atoms with Crippen LogP contribution in [0, 0.1) is 0 Å². The number of nitrogens with two attached hydrogens (primary N) is 1. The number of ether oxygens (including phenoxy) is 1. The number of aromatic amines is 1. The van der Waals surface area contributed by atoms with Crippen molar-refractivity contribution >= 4 is 56.1 Å². The third-order valence-corrected chi connectivity index (χ3v) is 12.4. The Balaban J connectivity index is 1.68. The third-order valence-electron chi connectivity index (χ3n) is 4.13. The molecule has 2 aromatic rings. The normalized spacial score (nSPS) is 26.6. The van der Waals surface area contributed by atoms with E-state index in [1.165, 1.54) is 10.9 Å². The number of alkyl halides is 1. The Morgan fingerprint density at radius 1 is 1.34 bits per heavy atom. The molecule has 0 radical (unpaired) electrons. The predicted molar refractivity (Wildman–Crippen MR) is 109 cm³/mol. The average molecular weight is 584 g/mol. The van der Waals surface area contributed by atoms with Crippen LogP contribution in [0.2, 0.25) is 0 Å². The summed E-state index contributed by atoms with van der Waals surface area (Å²) in [6, 6.07) is 0. The van der Waals surface area contributed by atoms with Crippen LogP contribution in [-0.2, 0) is 27.3 Å². The molecule has 2 aromatic heterocycles. The molecule has 0 amide bonds. The molecule has 0 aromatic carbocycles. The highest BCUT2D eigenvalue weighted by Crippen LogP contribution is 2.71. The van der Waals surface area contributed by atoms with Gasteiger partial charge in [0, 0.05) is 6.42 Å². The minimum atomic E-state index is -5.34. The van der Waals surface area contributed by atoms with Gasteiger partial charge in [0.25, 0.3) is 5.56 Å². The molecular weight excluding hydrogens is 567 g/mol. The Labute approximate surface area is 186 Å². The first-order chi connectivity index (χ1) is 14.6. The Hall–Kier alpha value is -1.00.